The Labute approximate surface area is 132 Å². The van der Waals surface area contributed by atoms with E-state index in [-0.39, 0.29) is 18.2 Å². The maximum Gasteiger partial charge on any atom is 0.252 e. The highest BCUT2D eigenvalue weighted by Gasteiger charge is 2.38. The van der Waals surface area contributed by atoms with Crippen molar-refractivity contribution in [2.75, 3.05) is 11.9 Å². The number of imide groups is 1. The van der Waals surface area contributed by atoms with Gasteiger partial charge in [0.05, 0.1) is 22.2 Å². The number of benzene rings is 1. The second-order valence-electron chi connectivity index (χ2n) is 4.53. The van der Waals surface area contributed by atoms with E-state index in [0.717, 1.165) is 6.42 Å². The van der Waals surface area contributed by atoms with Crippen molar-refractivity contribution in [3.63, 3.8) is 0 Å². The van der Waals surface area contributed by atoms with Crippen molar-refractivity contribution in [3.05, 3.63) is 27.2 Å². The monoisotopic (exact) mass is 334 g/mol. The van der Waals surface area contributed by atoms with Crippen LogP contribution in [-0.2, 0) is 9.59 Å². The molecule has 0 aromatic heterocycles. The van der Waals surface area contributed by atoms with Crippen LogP contribution >= 0.6 is 34.8 Å². The number of carbonyl (C=O) groups is 2. The molecule has 2 amide bonds. The fourth-order valence-electron chi connectivity index (χ4n) is 2.11. The van der Waals surface area contributed by atoms with Gasteiger partial charge in [0.25, 0.3) is 5.91 Å². The zero-order valence-electron chi connectivity index (χ0n) is 10.8. The molecule has 1 N–H and O–H groups in total. The minimum absolute atomic E-state index is 0.105. The van der Waals surface area contributed by atoms with E-state index in [4.69, 9.17) is 34.8 Å². The Morgan fingerprint density at radius 2 is 1.85 bits per heavy atom. The van der Waals surface area contributed by atoms with Gasteiger partial charge < -0.3 is 5.32 Å². The van der Waals surface area contributed by atoms with E-state index in [2.05, 4.69) is 5.32 Å². The molecular formula is C13H13Cl3N2O2. The molecular weight excluding hydrogens is 323 g/mol. The topological polar surface area (TPSA) is 49.4 Å². The lowest BCUT2D eigenvalue weighted by Gasteiger charge is -2.16. The van der Waals surface area contributed by atoms with Crippen molar-refractivity contribution >= 4 is 52.3 Å². The van der Waals surface area contributed by atoms with Gasteiger partial charge in [0, 0.05) is 11.6 Å². The van der Waals surface area contributed by atoms with Crippen molar-refractivity contribution in [1.29, 1.82) is 0 Å². The maximum absolute atomic E-state index is 12.1. The van der Waals surface area contributed by atoms with E-state index in [1.807, 2.05) is 6.92 Å². The van der Waals surface area contributed by atoms with Crippen LogP contribution in [0.4, 0.5) is 5.69 Å². The zero-order chi connectivity index (χ0) is 14.9. The molecule has 0 spiro atoms. The van der Waals surface area contributed by atoms with Gasteiger partial charge in [-0.15, -0.1) is 0 Å². The largest absolute Gasteiger partial charge is 0.371 e. The number of nitrogens with zero attached hydrogens (tertiary/aromatic N) is 1. The second kappa shape index (κ2) is 6.20. The first-order valence-corrected chi connectivity index (χ1v) is 7.32. The van der Waals surface area contributed by atoms with E-state index in [9.17, 15) is 9.59 Å². The number of hydrogen-bond acceptors (Lipinski definition) is 3. The summed E-state index contributed by atoms with van der Waals surface area (Å²) >= 11 is 17.9. The third-order valence-corrected chi connectivity index (χ3v) is 3.83. The average Bonchev–Trinajstić information content (AvgIpc) is 2.62. The summed E-state index contributed by atoms with van der Waals surface area (Å²) in [5.41, 5.74) is 0.419. The quantitative estimate of drug-likeness (QED) is 0.855. The molecule has 1 aromatic carbocycles. The summed E-state index contributed by atoms with van der Waals surface area (Å²) in [5.74, 6) is -0.436. The molecule has 4 nitrogen and oxygen atoms in total. The third kappa shape index (κ3) is 3.03. The van der Waals surface area contributed by atoms with E-state index in [1.54, 1.807) is 0 Å². The fourth-order valence-corrected chi connectivity index (χ4v) is 3.03. The molecule has 1 unspecified atom stereocenters. The molecule has 0 saturated carbocycles. The molecule has 1 aliphatic rings. The standard InChI is InChI=1S/C13H13Cl3N2O2/c1-2-3-18-11(19)6-10(13(18)20)17-12-8(15)4-7(14)5-9(12)16/h4-5,10,17H,2-3,6H2,1H3. The highest BCUT2D eigenvalue weighted by Crippen LogP contribution is 2.35. The van der Waals surface area contributed by atoms with Crippen LogP contribution < -0.4 is 5.32 Å². The van der Waals surface area contributed by atoms with E-state index in [0.29, 0.717) is 27.3 Å². The first-order valence-electron chi connectivity index (χ1n) is 6.19. The molecule has 20 heavy (non-hydrogen) atoms. The van der Waals surface area contributed by atoms with Gasteiger partial charge in [-0.3, -0.25) is 14.5 Å². The highest BCUT2D eigenvalue weighted by molar-refractivity contribution is 6.41. The number of anilines is 1. The van der Waals surface area contributed by atoms with Crippen molar-refractivity contribution in [2.45, 2.75) is 25.8 Å². The predicted octanol–water partition coefficient (Wildman–Crippen LogP) is 3.60. The predicted molar refractivity (Wildman–Crippen MR) is 80.5 cm³/mol. The summed E-state index contributed by atoms with van der Waals surface area (Å²) in [4.78, 5) is 25.2. The SMILES string of the molecule is CCCN1C(=O)CC(Nc2c(Cl)cc(Cl)cc2Cl)C1=O. The van der Waals surface area contributed by atoms with Crippen LogP contribution in [-0.4, -0.2) is 29.3 Å². The molecule has 0 radical (unpaired) electrons. The van der Waals surface area contributed by atoms with Crippen molar-refractivity contribution < 1.29 is 9.59 Å². The number of hydrogen-bond donors (Lipinski definition) is 1. The lowest BCUT2D eigenvalue weighted by atomic mass is 10.2. The van der Waals surface area contributed by atoms with Crippen LogP contribution in [0, 0.1) is 0 Å². The number of carbonyl (C=O) groups excluding carboxylic acids is 2. The van der Waals surface area contributed by atoms with Crippen LogP contribution in [0.3, 0.4) is 0 Å². The van der Waals surface area contributed by atoms with Gasteiger partial charge in [-0.2, -0.15) is 0 Å². The van der Waals surface area contributed by atoms with Gasteiger partial charge in [0.2, 0.25) is 5.91 Å². The lowest BCUT2D eigenvalue weighted by molar-refractivity contribution is -0.138. The molecule has 0 bridgehead atoms. The van der Waals surface area contributed by atoms with Gasteiger partial charge in [-0.25, -0.2) is 0 Å². The molecule has 1 saturated heterocycles. The van der Waals surface area contributed by atoms with Crippen LogP contribution in [0.5, 0.6) is 0 Å². The van der Waals surface area contributed by atoms with E-state index in [1.165, 1.54) is 17.0 Å². The van der Waals surface area contributed by atoms with Gasteiger partial charge in [0.15, 0.2) is 0 Å². The molecule has 0 aliphatic carbocycles. The second-order valence-corrected chi connectivity index (χ2v) is 5.78. The molecule has 1 atom stereocenters. The Bertz CT molecular complexity index is 540. The normalized spacial score (nSPS) is 18.8. The Balaban J connectivity index is 2.20. The molecule has 1 heterocycles. The van der Waals surface area contributed by atoms with Crippen molar-refractivity contribution in [3.8, 4) is 0 Å². The van der Waals surface area contributed by atoms with Crippen LogP contribution in [0.2, 0.25) is 15.1 Å². The van der Waals surface area contributed by atoms with Crippen molar-refractivity contribution in [1.82, 2.24) is 4.90 Å². The van der Waals surface area contributed by atoms with Crippen LogP contribution in [0.1, 0.15) is 19.8 Å². The van der Waals surface area contributed by atoms with E-state index < -0.39 is 6.04 Å². The summed E-state index contributed by atoms with van der Waals surface area (Å²) in [5, 5.41) is 3.98. The molecule has 7 heteroatoms. The van der Waals surface area contributed by atoms with Gasteiger partial charge in [0.1, 0.15) is 6.04 Å². The average molecular weight is 336 g/mol. The summed E-state index contributed by atoms with van der Waals surface area (Å²) in [7, 11) is 0. The minimum atomic E-state index is -0.634. The zero-order valence-corrected chi connectivity index (χ0v) is 13.0. The Hall–Kier alpha value is -0.970. The minimum Gasteiger partial charge on any atom is -0.371 e. The van der Waals surface area contributed by atoms with Crippen LogP contribution in [0.25, 0.3) is 0 Å². The lowest BCUT2D eigenvalue weighted by Crippen LogP contribution is -2.35. The van der Waals surface area contributed by atoms with E-state index >= 15 is 0 Å². The van der Waals surface area contributed by atoms with Gasteiger partial charge in [-0.05, 0) is 18.6 Å². The smallest absolute Gasteiger partial charge is 0.252 e. The summed E-state index contributed by atoms with van der Waals surface area (Å²) in [6, 6.07) is 2.43. The molecule has 108 valence electrons. The third-order valence-electron chi connectivity index (χ3n) is 3.02. The molecule has 2 rings (SSSR count). The summed E-state index contributed by atoms with van der Waals surface area (Å²) in [6.45, 7) is 2.34. The molecule has 1 aliphatic heterocycles. The van der Waals surface area contributed by atoms with Gasteiger partial charge in [-0.1, -0.05) is 41.7 Å². The van der Waals surface area contributed by atoms with Gasteiger partial charge >= 0.3 is 0 Å². The number of amides is 2. The van der Waals surface area contributed by atoms with Crippen molar-refractivity contribution in [2.24, 2.45) is 0 Å². The number of likely N-dealkylation sites (tertiary alicyclic amines) is 1. The summed E-state index contributed by atoms with van der Waals surface area (Å²) < 4.78 is 0. The fraction of sp³-hybridized carbons (Fsp3) is 0.385. The number of nitrogens with one attached hydrogen (secondary N) is 1. The Morgan fingerprint density at radius 3 is 2.40 bits per heavy atom. The Kier molecular flexibility index (Phi) is 4.78. The number of halogens is 3. The van der Waals surface area contributed by atoms with Crippen LogP contribution in [0.15, 0.2) is 12.1 Å². The molecule has 1 aromatic rings. The first-order chi connectivity index (χ1) is 9.43. The summed E-state index contributed by atoms with van der Waals surface area (Å²) in [6.07, 6.45) is 0.834. The number of rotatable bonds is 4. The molecule has 1 fully saturated rings. The first kappa shape index (κ1) is 15.4. The maximum atomic E-state index is 12.1. The Morgan fingerprint density at radius 1 is 1.25 bits per heavy atom. The highest BCUT2D eigenvalue weighted by atomic mass is 35.5.